The van der Waals surface area contributed by atoms with Gasteiger partial charge in [-0.1, -0.05) is 17.7 Å². The molecule has 0 atom stereocenters. The van der Waals surface area contributed by atoms with E-state index in [-0.39, 0.29) is 5.91 Å². The van der Waals surface area contributed by atoms with Gasteiger partial charge in [0.05, 0.1) is 9.93 Å². The molecule has 130 valence electrons. The van der Waals surface area contributed by atoms with Crippen LogP contribution in [0.4, 0.5) is 0 Å². The van der Waals surface area contributed by atoms with Crippen molar-refractivity contribution in [2.24, 2.45) is 4.99 Å². The Morgan fingerprint density at radius 1 is 1.32 bits per heavy atom. The van der Waals surface area contributed by atoms with Crippen LogP contribution >= 0.6 is 39.3 Å². The third kappa shape index (κ3) is 3.86. The normalized spacial score (nSPS) is 17.9. The molecule has 3 rings (SSSR count). The molecule has 1 fully saturated rings. The minimum atomic E-state index is -0.0377. The molecule has 2 aromatic rings. The molecule has 1 aliphatic rings. The molecule has 7 heteroatoms. The van der Waals surface area contributed by atoms with E-state index in [4.69, 9.17) is 16.0 Å². The second kappa shape index (κ2) is 7.81. The third-order valence-electron chi connectivity index (χ3n) is 3.60. The highest BCUT2D eigenvalue weighted by Crippen LogP contribution is 2.34. The number of amidine groups is 1. The van der Waals surface area contributed by atoms with Gasteiger partial charge in [0.1, 0.15) is 11.5 Å². The Labute approximate surface area is 164 Å². The number of rotatable bonds is 4. The molecule has 0 N–H and O–H groups in total. The maximum atomic E-state index is 12.5. The van der Waals surface area contributed by atoms with Gasteiger partial charge in [-0.05, 0) is 65.8 Å². The molecule has 4 nitrogen and oxygen atoms in total. The molecule has 2 heterocycles. The zero-order valence-electron chi connectivity index (χ0n) is 13.8. The van der Waals surface area contributed by atoms with E-state index < -0.39 is 0 Å². The van der Waals surface area contributed by atoms with Gasteiger partial charge in [0.15, 0.2) is 5.17 Å². The highest BCUT2D eigenvalue weighted by Gasteiger charge is 2.32. The molecule has 0 aliphatic carbocycles. The Morgan fingerprint density at radius 3 is 2.80 bits per heavy atom. The van der Waals surface area contributed by atoms with Gasteiger partial charge in [0.25, 0.3) is 5.91 Å². The summed E-state index contributed by atoms with van der Waals surface area (Å²) in [5.41, 5.74) is 0.881. The molecule has 1 saturated heterocycles. The van der Waals surface area contributed by atoms with Crippen molar-refractivity contribution in [3.63, 3.8) is 0 Å². The van der Waals surface area contributed by atoms with Gasteiger partial charge in [0, 0.05) is 29.2 Å². The van der Waals surface area contributed by atoms with Crippen LogP contribution in [-0.4, -0.2) is 29.1 Å². The van der Waals surface area contributed by atoms with Crippen LogP contribution in [-0.2, 0) is 4.79 Å². The zero-order chi connectivity index (χ0) is 18.0. The first-order valence-electron chi connectivity index (χ1n) is 7.84. The van der Waals surface area contributed by atoms with E-state index in [1.807, 2.05) is 44.2 Å². The Bertz CT molecular complexity index is 876. The Morgan fingerprint density at radius 2 is 2.12 bits per heavy atom. The summed E-state index contributed by atoms with van der Waals surface area (Å²) in [6, 6.07) is 9.35. The maximum Gasteiger partial charge on any atom is 0.266 e. The molecule has 0 radical (unpaired) electrons. The average molecular weight is 440 g/mol. The summed E-state index contributed by atoms with van der Waals surface area (Å²) >= 11 is 10.9. The summed E-state index contributed by atoms with van der Waals surface area (Å²) in [6.45, 7) is 5.14. The van der Waals surface area contributed by atoms with Crippen molar-refractivity contribution in [3.8, 4) is 11.3 Å². The molecule has 1 aromatic carbocycles. The molecule has 1 aliphatic heterocycles. The van der Waals surface area contributed by atoms with Gasteiger partial charge in [-0.3, -0.25) is 14.7 Å². The van der Waals surface area contributed by atoms with E-state index in [1.54, 1.807) is 11.0 Å². The van der Waals surface area contributed by atoms with Crippen molar-refractivity contribution >= 4 is 56.4 Å². The average Bonchev–Trinajstić information content (AvgIpc) is 3.16. The van der Waals surface area contributed by atoms with Crippen LogP contribution < -0.4 is 0 Å². The van der Waals surface area contributed by atoms with Crippen LogP contribution in [0, 0.1) is 0 Å². The number of benzene rings is 1. The Balaban J connectivity index is 1.88. The Kier molecular flexibility index (Phi) is 5.71. The molecule has 0 unspecified atom stereocenters. The van der Waals surface area contributed by atoms with Crippen LogP contribution in [0.2, 0.25) is 5.02 Å². The maximum absolute atomic E-state index is 12.5. The van der Waals surface area contributed by atoms with E-state index in [9.17, 15) is 4.79 Å². The van der Waals surface area contributed by atoms with Gasteiger partial charge < -0.3 is 4.42 Å². The van der Waals surface area contributed by atoms with E-state index in [2.05, 4.69) is 20.9 Å². The van der Waals surface area contributed by atoms with E-state index in [0.717, 1.165) is 15.2 Å². The van der Waals surface area contributed by atoms with Crippen LogP contribution in [0.15, 0.2) is 49.1 Å². The fourth-order valence-electron chi connectivity index (χ4n) is 2.40. The first-order valence-corrected chi connectivity index (χ1v) is 9.83. The van der Waals surface area contributed by atoms with Gasteiger partial charge >= 0.3 is 0 Å². The van der Waals surface area contributed by atoms with Crippen molar-refractivity contribution in [3.05, 3.63) is 50.5 Å². The lowest BCUT2D eigenvalue weighted by Crippen LogP contribution is -2.28. The molecule has 0 bridgehead atoms. The van der Waals surface area contributed by atoms with E-state index in [0.29, 0.717) is 34.5 Å². The van der Waals surface area contributed by atoms with Crippen LogP contribution in [0.5, 0.6) is 0 Å². The number of thioether (sulfide) groups is 1. The lowest BCUT2D eigenvalue weighted by Gasteiger charge is -2.11. The minimum Gasteiger partial charge on any atom is -0.457 e. The molecule has 1 aromatic heterocycles. The quantitative estimate of drug-likeness (QED) is 0.576. The summed E-state index contributed by atoms with van der Waals surface area (Å²) < 4.78 is 6.70. The largest absolute Gasteiger partial charge is 0.457 e. The number of hydrogen-bond donors (Lipinski definition) is 0. The highest BCUT2D eigenvalue weighted by molar-refractivity contribution is 9.10. The van der Waals surface area contributed by atoms with Gasteiger partial charge in [-0.25, -0.2) is 0 Å². The summed E-state index contributed by atoms with van der Waals surface area (Å²) in [5.74, 6) is 1.29. The molecule has 25 heavy (non-hydrogen) atoms. The number of aliphatic imine (C=N–C) groups is 1. The van der Waals surface area contributed by atoms with Crippen LogP contribution in [0.1, 0.15) is 19.6 Å². The van der Waals surface area contributed by atoms with Gasteiger partial charge in [-0.2, -0.15) is 0 Å². The van der Waals surface area contributed by atoms with E-state index in [1.165, 1.54) is 11.8 Å². The topological polar surface area (TPSA) is 45.8 Å². The summed E-state index contributed by atoms with van der Waals surface area (Å²) in [5, 5.41) is 1.36. The highest BCUT2D eigenvalue weighted by atomic mass is 79.9. The van der Waals surface area contributed by atoms with Crippen molar-refractivity contribution in [2.45, 2.75) is 13.8 Å². The SMILES string of the molecule is CCN=C1S/C(=C/c2ccc(-c3ccc(Br)c(Cl)c3)o2)C(=O)N1CC. The van der Waals surface area contributed by atoms with Crippen molar-refractivity contribution in [2.75, 3.05) is 13.1 Å². The summed E-state index contributed by atoms with van der Waals surface area (Å²) in [7, 11) is 0. The number of nitrogens with zero attached hydrogens (tertiary/aromatic N) is 2. The number of halogens is 2. The second-order valence-corrected chi connectivity index (χ2v) is 7.52. The third-order valence-corrected chi connectivity index (χ3v) is 5.88. The molecule has 0 saturated carbocycles. The van der Waals surface area contributed by atoms with Crippen LogP contribution in [0.25, 0.3) is 17.4 Å². The summed E-state index contributed by atoms with van der Waals surface area (Å²) in [6.07, 6.45) is 1.76. The van der Waals surface area contributed by atoms with E-state index >= 15 is 0 Å². The molecular weight excluding hydrogens is 424 g/mol. The predicted octanol–water partition coefficient (Wildman–Crippen LogP) is 5.67. The number of carbonyl (C=O) groups is 1. The van der Waals surface area contributed by atoms with Gasteiger partial charge in [-0.15, -0.1) is 0 Å². The molecular formula is C18H16BrClN2O2S. The van der Waals surface area contributed by atoms with Crippen molar-refractivity contribution in [1.29, 1.82) is 0 Å². The molecule has 0 spiro atoms. The first-order chi connectivity index (χ1) is 12.0. The number of hydrogen-bond acceptors (Lipinski definition) is 4. The monoisotopic (exact) mass is 438 g/mol. The lowest BCUT2D eigenvalue weighted by molar-refractivity contribution is -0.122. The summed E-state index contributed by atoms with van der Waals surface area (Å²) in [4.78, 5) is 19.2. The minimum absolute atomic E-state index is 0.0377. The number of carbonyl (C=O) groups excluding carboxylic acids is 1. The molecule has 1 amide bonds. The standard InChI is InChI=1S/C18H16BrClN2O2S/c1-3-21-18-22(4-2)17(23)16(25-18)10-12-6-8-15(24-12)11-5-7-13(19)14(20)9-11/h5-10H,3-4H2,1-2H3/b16-10+,21-18?. The Hall–Kier alpha value is -1.50. The lowest BCUT2D eigenvalue weighted by atomic mass is 10.2. The number of amides is 1. The first kappa shape index (κ1) is 18.3. The number of likely N-dealkylation sites (N-methyl/N-ethyl adjacent to an activating group) is 1. The fourth-order valence-corrected chi connectivity index (χ4v) is 3.92. The van der Waals surface area contributed by atoms with Crippen molar-refractivity contribution < 1.29 is 9.21 Å². The smallest absolute Gasteiger partial charge is 0.266 e. The number of furan rings is 1. The van der Waals surface area contributed by atoms with Crippen molar-refractivity contribution in [1.82, 2.24) is 4.90 Å². The second-order valence-electron chi connectivity index (χ2n) is 5.25. The van der Waals surface area contributed by atoms with Crippen LogP contribution in [0.3, 0.4) is 0 Å². The fraction of sp³-hybridized carbons (Fsp3) is 0.222. The van der Waals surface area contributed by atoms with Gasteiger partial charge in [0.2, 0.25) is 0 Å². The predicted molar refractivity (Wildman–Crippen MR) is 108 cm³/mol. The zero-order valence-corrected chi connectivity index (χ0v) is 16.9.